The first-order valence-corrected chi connectivity index (χ1v) is 14.5. The molecule has 0 aliphatic carbocycles. The molecule has 0 N–H and O–H groups in total. The van der Waals surface area contributed by atoms with Gasteiger partial charge >= 0.3 is 21.1 Å². The molecule has 238 valence electrons. The van der Waals surface area contributed by atoms with Crippen molar-refractivity contribution >= 4 is 21.8 Å². The number of hydrogen-bond donors (Lipinski definition) is 0. The summed E-state index contributed by atoms with van der Waals surface area (Å²) >= 11 is 0. The maximum absolute atomic E-state index is 15.0. The Hall–Kier alpha value is -4.88. The Labute approximate surface area is 283 Å². The fourth-order valence-corrected chi connectivity index (χ4v) is 5.97. The Morgan fingerprint density at radius 1 is 0.851 bits per heavy atom. The van der Waals surface area contributed by atoms with Crippen LogP contribution in [-0.2, 0) is 34.4 Å². The summed E-state index contributed by atoms with van der Waals surface area (Å²) in [6.07, 6.45) is 4.80. The van der Waals surface area contributed by atoms with Crippen LogP contribution in [0.1, 0.15) is 22.3 Å². The third-order valence-corrected chi connectivity index (χ3v) is 8.13. The van der Waals surface area contributed by atoms with Gasteiger partial charge < -0.3 is 14.0 Å². The largest absolute Gasteiger partial charge is 2.00 e. The van der Waals surface area contributed by atoms with Gasteiger partial charge in [0.15, 0.2) is 0 Å². The summed E-state index contributed by atoms with van der Waals surface area (Å²) in [6.45, 7) is 2.08. The molecule has 47 heavy (non-hydrogen) atoms. The minimum atomic E-state index is -0.753. The van der Waals surface area contributed by atoms with E-state index < -0.39 is 19.2 Å². The van der Waals surface area contributed by atoms with E-state index in [-0.39, 0.29) is 32.5 Å². The zero-order valence-electron chi connectivity index (χ0n) is 25.6. The summed E-state index contributed by atoms with van der Waals surface area (Å²) in [5, 5.41) is 6.32. The van der Waals surface area contributed by atoms with Crippen LogP contribution in [0.3, 0.4) is 0 Å². The molecule has 0 spiro atoms. The molecular formula is C37H27F3N4O2Pt. The van der Waals surface area contributed by atoms with E-state index in [1.807, 2.05) is 41.0 Å². The monoisotopic (exact) mass is 811 g/mol. The molecule has 3 aromatic heterocycles. The van der Waals surface area contributed by atoms with Crippen LogP contribution >= 0.6 is 0 Å². The van der Waals surface area contributed by atoms with E-state index in [0.717, 1.165) is 27.4 Å². The molecule has 3 heterocycles. The van der Waals surface area contributed by atoms with E-state index in [1.165, 1.54) is 23.0 Å². The molecule has 7 rings (SSSR count). The van der Waals surface area contributed by atoms with Gasteiger partial charge in [0.2, 0.25) is 0 Å². The zero-order chi connectivity index (χ0) is 31.9. The number of methoxy groups -OCH3 is 1. The van der Waals surface area contributed by atoms with Gasteiger partial charge in [-0.15, -0.1) is 29.7 Å². The van der Waals surface area contributed by atoms with Crippen molar-refractivity contribution in [1.29, 1.82) is 0 Å². The molecule has 6 nitrogen and oxygen atoms in total. The summed E-state index contributed by atoms with van der Waals surface area (Å²) in [5.41, 5.74) is 5.13. The molecule has 0 atom stereocenters. The van der Waals surface area contributed by atoms with Crippen LogP contribution in [0.4, 0.5) is 13.2 Å². The number of hydrogen-bond acceptors (Lipinski definition) is 4. The second-order valence-corrected chi connectivity index (χ2v) is 10.9. The van der Waals surface area contributed by atoms with Crippen molar-refractivity contribution in [2.24, 2.45) is 0 Å². The summed E-state index contributed by atoms with van der Waals surface area (Å²) in [5.74, 6) is 1.17. The van der Waals surface area contributed by atoms with E-state index in [9.17, 15) is 13.2 Å². The molecule has 0 aliphatic rings. The van der Waals surface area contributed by atoms with E-state index in [1.54, 1.807) is 51.6 Å². The number of para-hydroxylation sites is 1. The van der Waals surface area contributed by atoms with E-state index >= 15 is 0 Å². The van der Waals surface area contributed by atoms with E-state index in [4.69, 9.17) is 9.47 Å². The number of aryl methyl sites for hydroxylation is 2. The molecule has 7 aromatic rings. The van der Waals surface area contributed by atoms with Crippen LogP contribution in [-0.4, -0.2) is 26.4 Å². The molecule has 0 radical (unpaired) electrons. The first-order chi connectivity index (χ1) is 22.4. The first-order valence-electron chi connectivity index (χ1n) is 14.5. The maximum Gasteiger partial charge on any atom is 2.00 e. The van der Waals surface area contributed by atoms with Crippen molar-refractivity contribution in [3.05, 3.63) is 126 Å². The number of nitrogens with zero attached hydrogens (tertiary/aromatic N) is 4. The SMILES string of the molecule is COc1ccnc(-n2c3[c-]c(Oc4[c-]c(-n5cc(-c6c(CF)c(C)cc(C)c6CF)cn5)cc(F)c4)ccc3c3ccccc32)c1.[Pt+2]. The van der Waals surface area contributed by atoms with Crippen molar-refractivity contribution in [3.63, 3.8) is 0 Å². The molecule has 0 unspecified atom stereocenters. The molecule has 0 fully saturated rings. The second kappa shape index (κ2) is 13.1. The van der Waals surface area contributed by atoms with Crippen LogP contribution in [0.15, 0.2) is 85.3 Å². The van der Waals surface area contributed by atoms with E-state index in [0.29, 0.717) is 45.1 Å². The fraction of sp³-hybridized carbons (Fsp3) is 0.135. The van der Waals surface area contributed by atoms with Gasteiger partial charge in [-0.1, -0.05) is 35.8 Å². The molecule has 0 saturated heterocycles. The fourth-order valence-electron chi connectivity index (χ4n) is 5.97. The number of rotatable bonds is 8. The van der Waals surface area contributed by atoms with Gasteiger partial charge in [0.05, 0.1) is 13.3 Å². The molecular weight excluding hydrogens is 785 g/mol. The number of fused-ring (bicyclic) bond motifs is 3. The van der Waals surface area contributed by atoms with Gasteiger partial charge in [0.25, 0.3) is 0 Å². The van der Waals surface area contributed by atoms with Gasteiger partial charge in [-0.3, -0.25) is 4.68 Å². The van der Waals surface area contributed by atoms with Crippen molar-refractivity contribution in [2.75, 3.05) is 7.11 Å². The van der Waals surface area contributed by atoms with Crippen LogP contribution in [0.2, 0.25) is 0 Å². The summed E-state index contributed by atoms with van der Waals surface area (Å²) < 4.78 is 58.1. The van der Waals surface area contributed by atoms with Crippen molar-refractivity contribution in [2.45, 2.75) is 27.2 Å². The minimum absolute atomic E-state index is 0. The molecule has 0 bridgehead atoms. The number of aromatic nitrogens is 4. The molecule has 0 amide bonds. The molecule has 10 heteroatoms. The molecule has 0 aliphatic heterocycles. The Bertz CT molecular complexity index is 2230. The Kier molecular flexibility index (Phi) is 8.93. The van der Waals surface area contributed by atoms with Gasteiger partial charge in [-0.05, 0) is 64.9 Å². The quantitative estimate of drug-likeness (QED) is 0.144. The van der Waals surface area contributed by atoms with Crippen LogP contribution in [0.25, 0.3) is 44.4 Å². The van der Waals surface area contributed by atoms with Crippen molar-refractivity contribution in [1.82, 2.24) is 19.3 Å². The molecule has 0 saturated carbocycles. The minimum Gasteiger partial charge on any atom is -0.509 e. The van der Waals surface area contributed by atoms with Gasteiger partial charge in [-0.2, -0.15) is 11.2 Å². The zero-order valence-corrected chi connectivity index (χ0v) is 27.8. The predicted octanol–water partition coefficient (Wildman–Crippen LogP) is 9.13. The van der Waals surface area contributed by atoms with E-state index in [2.05, 4.69) is 22.2 Å². The third kappa shape index (κ3) is 5.80. The first kappa shape index (κ1) is 32.1. The summed E-state index contributed by atoms with van der Waals surface area (Å²) in [6, 6.07) is 25.9. The Balaban J connectivity index is 0.00000386. The van der Waals surface area contributed by atoms with Gasteiger partial charge in [-0.25, -0.2) is 18.2 Å². The van der Waals surface area contributed by atoms with Crippen LogP contribution in [0, 0.1) is 31.8 Å². The normalized spacial score (nSPS) is 11.2. The third-order valence-electron chi connectivity index (χ3n) is 8.13. The second-order valence-electron chi connectivity index (χ2n) is 10.9. The topological polar surface area (TPSA) is 54.1 Å². The standard InChI is InChI=1S/C37H27F3N4O2.Pt/c1-22-12-23(2)33(19-39)37(32(22)18-38)24-20-42-43(21-24)26-13-25(40)14-29(15-26)46-28-8-9-31-30-6-4-5-7-34(30)44(35(31)16-28)36-17-27(45-3)10-11-41-36;/h4-14,17,20-21H,18-19H2,1-3H3;/q-2;+2. The Morgan fingerprint density at radius 3 is 2.36 bits per heavy atom. The smallest absolute Gasteiger partial charge is 0.509 e. The van der Waals surface area contributed by atoms with Crippen molar-refractivity contribution < 1.29 is 43.7 Å². The maximum atomic E-state index is 15.0. The van der Waals surface area contributed by atoms with Gasteiger partial charge in [0, 0.05) is 46.9 Å². The van der Waals surface area contributed by atoms with Gasteiger partial charge in [0.1, 0.15) is 24.9 Å². The number of benzene rings is 4. The van der Waals surface area contributed by atoms with Crippen LogP contribution in [0.5, 0.6) is 17.2 Å². The number of ether oxygens (including phenoxy) is 2. The van der Waals surface area contributed by atoms with Crippen molar-refractivity contribution in [3.8, 4) is 39.9 Å². The average molecular weight is 812 g/mol. The predicted molar refractivity (Wildman–Crippen MR) is 171 cm³/mol. The molecule has 4 aromatic carbocycles. The summed E-state index contributed by atoms with van der Waals surface area (Å²) in [4.78, 5) is 4.57. The number of alkyl halides is 2. The number of halogens is 3. The number of pyridine rings is 1. The Morgan fingerprint density at radius 2 is 1.62 bits per heavy atom. The van der Waals surface area contributed by atoms with Crippen LogP contribution < -0.4 is 9.47 Å². The average Bonchev–Trinajstić information content (AvgIpc) is 3.67. The summed E-state index contributed by atoms with van der Waals surface area (Å²) in [7, 11) is 1.60.